The zero-order chi connectivity index (χ0) is 14.4. The van der Waals surface area contributed by atoms with E-state index in [1.54, 1.807) is 12.5 Å². The van der Waals surface area contributed by atoms with E-state index >= 15 is 0 Å². The fraction of sp³-hybridized carbons (Fsp3) is 0.357. The number of hydrogen-bond donors (Lipinski definition) is 0. The third-order valence-electron chi connectivity index (χ3n) is 2.67. The summed E-state index contributed by atoms with van der Waals surface area (Å²) in [5, 5.41) is 0.607. The summed E-state index contributed by atoms with van der Waals surface area (Å²) in [6.45, 7) is 4.38. The molecular formula is C14H16BrClN2O2. The van der Waals surface area contributed by atoms with Gasteiger partial charge in [-0.05, 0) is 40.5 Å². The van der Waals surface area contributed by atoms with Crippen molar-refractivity contribution in [2.75, 3.05) is 19.8 Å². The van der Waals surface area contributed by atoms with Gasteiger partial charge in [-0.25, -0.2) is 4.98 Å². The van der Waals surface area contributed by atoms with E-state index in [0.29, 0.717) is 30.6 Å². The van der Waals surface area contributed by atoms with Gasteiger partial charge in [0.05, 0.1) is 29.0 Å². The topological polar surface area (TPSA) is 36.3 Å². The number of aromatic nitrogens is 2. The van der Waals surface area contributed by atoms with E-state index in [-0.39, 0.29) is 0 Å². The Kier molecular flexibility index (Phi) is 5.88. The number of hydrogen-bond acceptors (Lipinski definition) is 3. The molecule has 0 spiro atoms. The van der Waals surface area contributed by atoms with Crippen LogP contribution in [0.5, 0.6) is 5.75 Å². The molecule has 0 saturated heterocycles. The molecule has 4 nitrogen and oxygen atoms in total. The van der Waals surface area contributed by atoms with Crippen LogP contribution in [-0.2, 0) is 11.3 Å². The van der Waals surface area contributed by atoms with E-state index in [1.165, 1.54) is 0 Å². The predicted molar refractivity (Wildman–Crippen MR) is 82.4 cm³/mol. The van der Waals surface area contributed by atoms with Crippen molar-refractivity contribution in [1.29, 1.82) is 0 Å². The molecule has 0 saturated carbocycles. The van der Waals surface area contributed by atoms with Crippen LogP contribution >= 0.6 is 27.5 Å². The van der Waals surface area contributed by atoms with Gasteiger partial charge >= 0.3 is 0 Å². The Bertz CT molecular complexity index is 523. The van der Waals surface area contributed by atoms with Crippen molar-refractivity contribution >= 4 is 27.5 Å². The smallest absolute Gasteiger partial charge is 0.152 e. The number of ether oxygens (including phenoxy) is 2. The average Bonchev–Trinajstić information content (AvgIpc) is 2.89. The van der Waals surface area contributed by atoms with Crippen molar-refractivity contribution in [2.24, 2.45) is 0 Å². The lowest BCUT2D eigenvalue weighted by Gasteiger charge is -2.11. The van der Waals surface area contributed by atoms with Crippen LogP contribution in [0.1, 0.15) is 5.56 Å². The summed E-state index contributed by atoms with van der Waals surface area (Å²) in [5.41, 5.74) is 1.09. The lowest BCUT2D eigenvalue weighted by Crippen LogP contribution is -2.11. The molecule has 0 atom stereocenters. The van der Waals surface area contributed by atoms with Gasteiger partial charge in [-0.15, -0.1) is 0 Å². The second-order valence-electron chi connectivity index (χ2n) is 4.32. The number of benzene rings is 1. The number of aryl methyl sites for hydroxylation is 1. The van der Waals surface area contributed by atoms with E-state index in [1.807, 2.05) is 29.8 Å². The first-order valence-electron chi connectivity index (χ1n) is 6.29. The van der Waals surface area contributed by atoms with Gasteiger partial charge in [-0.3, -0.25) is 0 Å². The third kappa shape index (κ3) is 4.51. The predicted octanol–water partition coefficient (Wildman–Crippen LogP) is 3.70. The summed E-state index contributed by atoms with van der Waals surface area (Å²) in [6, 6.07) is 3.85. The van der Waals surface area contributed by atoms with Crippen molar-refractivity contribution in [3.05, 3.63) is 45.9 Å². The van der Waals surface area contributed by atoms with E-state index in [9.17, 15) is 0 Å². The summed E-state index contributed by atoms with van der Waals surface area (Å²) in [5.74, 6) is 0.662. The Morgan fingerprint density at radius 1 is 1.30 bits per heavy atom. The minimum atomic E-state index is 0.464. The maximum atomic E-state index is 6.14. The molecule has 1 aromatic heterocycles. The molecule has 0 amide bonds. The number of halogens is 2. The van der Waals surface area contributed by atoms with Gasteiger partial charge in [-0.2, -0.15) is 0 Å². The minimum absolute atomic E-state index is 0.464. The molecule has 0 bridgehead atoms. The molecule has 2 aromatic rings. The summed E-state index contributed by atoms with van der Waals surface area (Å²) in [6.07, 6.45) is 5.42. The average molecular weight is 360 g/mol. The first-order chi connectivity index (χ1) is 9.66. The van der Waals surface area contributed by atoms with E-state index in [2.05, 4.69) is 20.9 Å². The highest BCUT2D eigenvalue weighted by molar-refractivity contribution is 9.10. The molecule has 2 rings (SSSR count). The highest BCUT2D eigenvalue weighted by atomic mass is 79.9. The Labute approximate surface area is 131 Å². The maximum Gasteiger partial charge on any atom is 0.152 e. The Morgan fingerprint density at radius 3 is 2.85 bits per heavy atom. The molecule has 0 aliphatic carbocycles. The molecule has 20 heavy (non-hydrogen) atoms. The molecule has 0 aliphatic heterocycles. The summed E-state index contributed by atoms with van der Waals surface area (Å²) in [7, 11) is 0. The van der Waals surface area contributed by atoms with Crippen LogP contribution < -0.4 is 4.74 Å². The Balaban J connectivity index is 1.68. The minimum Gasteiger partial charge on any atom is -0.488 e. The van der Waals surface area contributed by atoms with Gasteiger partial charge < -0.3 is 14.0 Å². The van der Waals surface area contributed by atoms with Crippen LogP contribution in [0.3, 0.4) is 0 Å². The van der Waals surface area contributed by atoms with Crippen molar-refractivity contribution < 1.29 is 9.47 Å². The molecule has 0 fully saturated rings. The van der Waals surface area contributed by atoms with Crippen LogP contribution in [-0.4, -0.2) is 29.4 Å². The van der Waals surface area contributed by atoms with Crippen molar-refractivity contribution in [1.82, 2.24) is 9.55 Å². The fourth-order valence-electron chi connectivity index (χ4n) is 1.72. The Morgan fingerprint density at radius 2 is 2.15 bits per heavy atom. The van der Waals surface area contributed by atoms with E-state index in [4.69, 9.17) is 21.1 Å². The molecule has 0 aliphatic rings. The first-order valence-corrected chi connectivity index (χ1v) is 7.46. The van der Waals surface area contributed by atoms with Gasteiger partial charge in [0, 0.05) is 18.9 Å². The quantitative estimate of drug-likeness (QED) is 0.707. The van der Waals surface area contributed by atoms with Crippen LogP contribution in [0.2, 0.25) is 5.02 Å². The zero-order valence-electron chi connectivity index (χ0n) is 11.2. The van der Waals surface area contributed by atoms with Gasteiger partial charge in [0.25, 0.3) is 0 Å². The molecule has 0 unspecified atom stereocenters. The van der Waals surface area contributed by atoms with Crippen molar-refractivity contribution in [3.8, 4) is 5.75 Å². The largest absolute Gasteiger partial charge is 0.488 e. The molecule has 6 heteroatoms. The van der Waals surface area contributed by atoms with Gasteiger partial charge in [0.2, 0.25) is 0 Å². The standard InChI is InChI=1S/C14H16BrClN2O2/c1-11-8-12(15)14(13(16)9-11)20-7-6-19-5-4-18-3-2-17-10-18/h2-3,8-10H,4-7H2,1H3. The van der Waals surface area contributed by atoms with Crippen LogP contribution in [0.25, 0.3) is 0 Å². The molecule has 0 N–H and O–H groups in total. The SMILES string of the molecule is Cc1cc(Cl)c(OCCOCCn2ccnc2)c(Br)c1. The summed E-state index contributed by atoms with van der Waals surface area (Å²) in [4.78, 5) is 3.97. The molecule has 1 heterocycles. The lowest BCUT2D eigenvalue weighted by molar-refractivity contribution is 0.0941. The van der Waals surface area contributed by atoms with Crippen LogP contribution in [0.4, 0.5) is 0 Å². The van der Waals surface area contributed by atoms with Gasteiger partial charge in [0.15, 0.2) is 5.75 Å². The molecule has 1 aromatic carbocycles. The normalized spacial score (nSPS) is 10.8. The fourth-order valence-corrected chi connectivity index (χ4v) is 2.85. The number of nitrogens with zero attached hydrogens (tertiary/aromatic N) is 2. The van der Waals surface area contributed by atoms with E-state index < -0.39 is 0 Å². The van der Waals surface area contributed by atoms with Gasteiger partial charge in [0.1, 0.15) is 6.61 Å². The first kappa shape index (κ1) is 15.4. The number of rotatable bonds is 7. The van der Waals surface area contributed by atoms with Crippen LogP contribution in [0.15, 0.2) is 35.3 Å². The van der Waals surface area contributed by atoms with Crippen molar-refractivity contribution in [2.45, 2.75) is 13.5 Å². The second-order valence-corrected chi connectivity index (χ2v) is 5.58. The molecule has 108 valence electrons. The molecule has 0 radical (unpaired) electrons. The summed E-state index contributed by atoms with van der Waals surface area (Å²) >= 11 is 9.58. The zero-order valence-corrected chi connectivity index (χ0v) is 13.5. The second kappa shape index (κ2) is 7.67. The lowest BCUT2D eigenvalue weighted by atomic mass is 10.2. The van der Waals surface area contributed by atoms with E-state index in [0.717, 1.165) is 16.6 Å². The summed E-state index contributed by atoms with van der Waals surface area (Å²) < 4.78 is 14.0. The molecular weight excluding hydrogens is 344 g/mol. The number of imidazole rings is 1. The monoisotopic (exact) mass is 358 g/mol. The highest BCUT2D eigenvalue weighted by Crippen LogP contribution is 2.34. The van der Waals surface area contributed by atoms with Gasteiger partial charge in [-0.1, -0.05) is 11.6 Å². The maximum absolute atomic E-state index is 6.14. The van der Waals surface area contributed by atoms with Crippen molar-refractivity contribution in [3.63, 3.8) is 0 Å². The highest BCUT2D eigenvalue weighted by Gasteiger charge is 2.07. The third-order valence-corrected chi connectivity index (χ3v) is 3.54. The van der Waals surface area contributed by atoms with Crippen LogP contribution in [0, 0.1) is 6.92 Å². The Hall–Kier alpha value is -1.04.